The summed E-state index contributed by atoms with van der Waals surface area (Å²) >= 11 is 0. The van der Waals surface area contributed by atoms with Gasteiger partial charge in [0, 0.05) is 6.04 Å². The molecule has 1 aliphatic heterocycles. The van der Waals surface area contributed by atoms with Gasteiger partial charge in [0.1, 0.15) is 5.75 Å². The summed E-state index contributed by atoms with van der Waals surface area (Å²) in [7, 11) is 4.19. The zero-order valence-corrected chi connectivity index (χ0v) is 10.7. The van der Waals surface area contributed by atoms with Crippen molar-refractivity contribution in [2.75, 3.05) is 27.2 Å². The number of phenols is 1. The Balaban J connectivity index is 2.10. The third-order valence-corrected chi connectivity index (χ3v) is 3.77. The maximum atomic E-state index is 9.56. The van der Waals surface area contributed by atoms with E-state index in [2.05, 4.69) is 23.3 Å². The zero-order chi connectivity index (χ0) is 12.3. The van der Waals surface area contributed by atoms with Crippen LogP contribution < -0.4 is 5.32 Å². The highest BCUT2D eigenvalue weighted by Crippen LogP contribution is 2.31. The van der Waals surface area contributed by atoms with E-state index in [-0.39, 0.29) is 0 Å². The molecule has 2 rings (SSSR count). The highest BCUT2D eigenvalue weighted by atomic mass is 16.3. The number of aromatic hydroxyl groups is 1. The van der Waals surface area contributed by atoms with Gasteiger partial charge in [-0.25, -0.2) is 0 Å². The number of benzene rings is 1. The standard InChI is InChI=1S/C14H22N2O/c1-15-14(11-6-8-16(2)9-7-11)12-4-3-5-13(17)10-12/h3-5,10-11,14-15,17H,6-9H2,1-2H3. The Kier molecular flexibility index (Phi) is 4.02. The Hall–Kier alpha value is -1.06. The van der Waals surface area contributed by atoms with Crippen LogP contribution in [0.15, 0.2) is 24.3 Å². The van der Waals surface area contributed by atoms with E-state index in [4.69, 9.17) is 0 Å². The molecular weight excluding hydrogens is 212 g/mol. The zero-order valence-electron chi connectivity index (χ0n) is 10.7. The summed E-state index contributed by atoms with van der Waals surface area (Å²) in [6, 6.07) is 7.98. The molecule has 3 heteroatoms. The van der Waals surface area contributed by atoms with Crippen LogP contribution >= 0.6 is 0 Å². The van der Waals surface area contributed by atoms with Crippen LogP contribution in [0.5, 0.6) is 5.75 Å². The number of phenolic OH excluding ortho intramolecular Hbond substituents is 1. The summed E-state index contributed by atoms with van der Waals surface area (Å²) in [6.07, 6.45) is 2.44. The van der Waals surface area contributed by atoms with E-state index in [1.165, 1.54) is 31.5 Å². The molecule has 0 spiro atoms. The maximum Gasteiger partial charge on any atom is 0.115 e. The maximum absolute atomic E-state index is 9.56. The van der Waals surface area contributed by atoms with Crippen molar-refractivity contribution < 1.29 is 5.11 Å². The lowest BCUT2D eigenvalue weighted by atomic mass is 9.85. The molecule has 1 aromatic carbocycles. The Morgan fingerprint density at radius 1 is 1.35 bits per heavy atom. The number of hydrogen-bond donors (Lipinski definition) is 2. The second-order valence-electron chi connectivity index (χ2n) is 5.00. The molecule has 0 radical (unpaired) electrons. The van der Waals surface area contributed by atoms with Gasteiger partial charge in [-0.15, -0.1) is 0 Å². The van der Waals surface area contributed by atoms with E-state index < -0.39 is 0 Å². The summed E-state index contributed by atoms with van der Waals surface area (Å²) in [4.78, 5) is 2.38. The largest absolute Gasteiger partial charge is 0.508 e. The number of rotatable bonds is 3. The molecule has 1 unspecified atom stereocenters. The minimum Gasteiger partial charge on any atom is -0.508 e. The highest BCUT2D eigenvalue weighted by Gasteiger charge is 2.25. The number of nitrogens with one attached hydrogen (secondary N) is 1. The Morgan fingerprint density at radius 2 is 2.06 bits per heavy atom. The fourth-order valence-corrected chi connectivity index (χ4v) is 2.75. The van der Waals surface area contributed by atoms with Gasteiger partial charge < -0.3 is 15.3 Å². The lowest BCUT2D eigenvalue weighted by molar-refractivity contribution is 0.188. The van der Waals surface area contributed by atoms with Crippen LogP contribution in [0.2, 0.25) is 0 Å². The van der Waals surface area contributed by atoms with Crippen LogP contribution in [0, 0.1) is 5.92 Å². The first-order valence-corrected chi connectivity index (χ1v) is 6.35. The first kappa shape index (κ1) is 12.4. The van der Waals surface area contributed by atoms with Crippen LogP contribution in [0.3, 0.4) is 0 Å². The third-order valence-electron chi connectivity index (χ3n) is 3.77. The van der Waals surface area contributed by atoms with Crippen molar-refractivity contribution in [3.8, 4) is 5.75 Å². The molecule has 2 N–H and O–H groups in total. The van der Waals surface area contributed by atoms with Gasteiger partial charge in [-0.3, -0.25) is 0 Å². The molecule has 0 saturated carbocycles. The lowest BCUT2D eigenvalue weighted by Crippen LogP contribution is -2.36. The quantitative estimate of drug-likeness (QED) is 0.839. The molecule has 0 amide bonds. The number of piperidine rings is 1. The molecule has 1 saturated heterocycles. The molecule has 1 heterocycles. The molecule has 94 valence electrons. The van der Waals surface area contributed by atoms with Crippen LogP contribution in [-0.2, 0) is 0 Å². The van der Waals surface area contributed by atoms with Gasteiger partial charge >= 0.3 is 0 Å². The SMILES string of the molecule is CNC(c1cccc(O)c1)C1CCN(C)CC1. The molecule has 1 fully saturated rings. The van der Waals surface area contributed by atoms with Gasteiger partial charge in [-0.2, -0.15) is 0 Å². The molecule has 1 aromatic rings. The Bertz CT molecular complexity index is 359. The van der Waals surface area contributed by atoms with Crippen LogP contribution in [0.1, 0.15) is 24.4 Å². The average molecular weight is 234 g/mol. The van der Waals surface area contributed by atoms with Crippen molar-refractivity contribution in [1.82, 2.24) is 10.2 Å². The first-order chi connectivity index (χ1) is 8.20. The lowest BCUT2D eigenvalue weighted by Gasteiger charge is -2.34. The molecule has 1 atom stereocenters. The topological polar surface area (TPSA) is 35.5 Å². The van der Waals surface area contributed by atoms with Crippen molar-refractivity contribution in [2.24, 2.45) is 5.92 Å². The van der Waals surface area contributed by atoms with Crippen LogP contribution in [-0.4, -0.2) is 37.2 Å². The van der Waals surface area contributed by atoms with Crippen molar-refractivity contribution in [3.05, 3.63) is 29.8 Å². The van der Waals surface area contributed by atoms with Gasteiger partial charge in [0.2, 0.25) is 0 Å². The van der Waals surface area contributed by atoms with E-state index >= 15 is 0 Å². The molecule has 17 heavy (non-hydrogen) atoms. The van der Waals surface area contributed by atoms with E-state index in [1.54, 1.807) is 6.07 Å². The van der Waals surface area contributed by atoms with E-state index in [0.29, 0.717) is 17.7 Å². The van der Waals surface area contributed by atoms with Crippen LogP contribution in [0.25, 0.3) is 0 Å². The second-order valence-corrected chi connectivity index (χ2v) is 5.00. The van der Waals surface area contributed by atoms with Crippen molar-refractivity contribution in [3.63, 3.8) is 0 Å². The number of likely N-dealkylation sites (tertiary alicyclic amines) is 1. The summed E-state index contributed by atoms with van der Waals surface area (Å²) in [6.45, 7) is 2.34. The molecule has 0 aliphatic carbocycles. The minimum atomic E-state index is 0.357. The summed E-state index contributed by atoms with van der Waals surface area (Å²) in [5, 5.41) is 13.0. The predicted octanol–water partition coefficient (Wildman–Crippen LogP) is 1.99. The van der Waals surface area contributed by atoms with Crippen molar-refractivity contribution >= 4 is 0 Å². The predicted molar refractivity (Wildman–Crippen MR) is 70.1 cm³/mol. The molecule has 1 aliphatic rings. The van der Waals surface area contributed by atoms with E-state index in [0.717, 1.165) is 0 Å². The minimum absolute atomic E-state index is 0.357. The number of nitrogens with zero attached hydrogens (tertiary/aromatic N) is 1. The van der Waals surface area contributed by atoms with Gasteiger partial charge in [0.05, 0.1) is 0 Å². The third kappa shape index (κ3) is 2.99. The van der Waals surface area contributed by atoms with E-state index in [9.17, 15) is 5.11 Å². The van der Waals surface area contributed by atoms with Gasteiger partial charge in [0.15, 0.2) is 0 Å². The second kappa shape index (κ2) is 5.52. The first-order valence-electron chi connectivity index (χ1n) is 6.35. The van der Waals surface area contributed by atoms with Crippen LogP contribution in [0.4, 0.5) is 0 Å². The van der Waals surface area contributed by atoms with Gasteiger partial charge in [-0.05, 0) is 63.6 Å². The van der Waals surface area contributed by atoms with Gasteiger partial charge in [0.25, 0.3) is 0 Å². The Labute approximate surface area is 103 Å². The molecular formula is C14H22N2O. The summed E-state index contributed by atoms with van der Waals surface area (Å²) in [5.41, 5.74) is 1.20. The van der Waals surface area contributed by atoms with E-state index in [1.807, 2.05) is 19.2 Å². The fourth-order valence-electron chi connectivity index (χ4n) is 2.75. The molecule has 0 aromatic heterocycles. The van der Waals surface area contributed by atoms with Crippen molar-refractivity contribution in [1.29, 1.82) is 0 Å². The monoisotopic (exact) mass is 234 g/mol. The fraction of sp³-hybridized carbons (Fsp3) is 0.571. The molecule has 0 bridgehead atoms. The smallest absolute Gasteiger partial charge is 0.115 e. The highest BCUT2D eigenvalue weighted by molar-refractivity contribution is 5.29. The average Bonchev–Trinajstić information content (AvgIpc) is 2.33. The normalized spacial score (nSPS) is 20.4. The summed E-state index contributed by atoms with van der Waals surface area (Å²) < 4.78 is 0. The number of hydrogen-bond acceptors (Lipinski definition) is 3. The Morgan fingerprint density at radius 3 is 2.65 bits per heavy atom. The van der Waals surface area contributed by atoms with Crippen molar-refractivity contribution in [2.45, 2.75) is 18.9 Å². The molecule has 3 nitrogen and oxygen atoms in total. The summed E-state index contributed by atoms with van der Waals surface area (Å²) in [5.74, 6) is 1.02. The van der Waals surface area contributed by atoms with Gasteiger partial charge in [-0.1, -0.05) is 12.1 Å².